The lowest BCUT2D eigenvalue weighted by Gasteiger charge is -2.14. The van der Waals surface area contributed by atoms with Gasteiger partial charge in [-0.2, -0.15) is 0 Å². The van der Waals surface area contributed by atoms with E-state index in [0.717, 1.165) is 38.1 Å². The number of carbonyl (C=O) groups is 1. The molecule has 1 heterocycles. The molecule has 4 nitrogen and oxygen atoms in total. The molecule has 1 N–H and O–H groups in total. The van der Waals surface area contributed by atoms with Gasteiger partial charge in [0.1, 0.15) is 5.75 Å². The van der Waals surface area contributed by atoms with Crippen molar-refractivity contribution in [3.8, 4) is 5.75 Å². The lowest BCUT2D eigenvalue weighted by atomic mass is 10.0. The summed E-state index contributed by atoms with van der Waals surface area (Å²) >= 11 is 0. The van der Waals surface area contributed by atoms with Crippen LogP contribution in [0.5, 0.6) is 5.75 Å². The number of hydrogen-bond acceptors (Lipinski definition) is 2. The molecule has 1 atom stereocenters. The van der Waals surface area contributed by atoms with E-state index < -0.39 is 0 Å². The largest absolute Gasteiger partial charge is 0.497 e. The molecule has 0 radical (unpaired) electrons. The van der Waals surface area contributed by atoms with Crippen molar-refractivity contribution in [3.05, 3.63) is 41.5 Å². The summed E-state index contributed by atoms with van der Waals surface area (Å²) in [5, 5.41) is 3.08. The molecule has 0 saturated carbocycles. The minimum absolute atomic E-state index is 0.0654. The fraction of sp³-hybridized carbons (Fsp3) is 0.500. The van der Waals surface area contributed by atoms with Crippen molar-refractivity contribution < 1.29 is 9.53 Å². The topological polar surface area (TPSA) is 41.6 Å². The molecule has 0 aliphatic carbocycles. The Hall–Kier alpha value is -1.97. The Morgan fingerprint density at radius 1 is 1.41 bits per heavy atom. The highest BCUT2D eigenvalue weighted by Gasteiger charge is 2.27. The summed E-state index contributed by atoms with van der Waals surface area (Å²) in [6.07, 6.45) is 5.19. The van der Waals surface area contributed by atoms with Crippen LogP contribution in [0.3, 0.4) is 0 Å². The summed E-state index contributed by atoms with van der Waals surface area (Å²) in [5.74, 6) is 0.891. The van der Waals surface area contributed by atoms with Gasteiger partial charge in [0.15, 0.2) is 0 Å². The van der Waals surface area contributed by atoms with E-state index >= 15 is 0 Å². The van der Waals surface area contributed by atoms with E-state index in [9.17, 15) is 4.79 Å². The number of allylic oxidation sites excluding steroid dienone is 1. The standard InChI is InChI=1S/C18H26N2O2/c1-4-14(2)12-20-13-16(19-18(20)21)7-5-6-15-8-10-17(22-3)11-9-15/h4,8-11,16H,5-7,12-13H2,1-3H3,(H,19,21)/b14-4+. The molecule has 1 saturated heterocycles. The molecule has 4 heteroatoms. The van der Waals surface area contributed by atoms with E-state index in [1.807, 2.05) is 24.0 Å². The SMILES string of the molecule is C/C=C(\C)CN1CC(CCCc2ccc(OC)cc2)NC1=O. The van der Waals surface area contributed by atoms with Crippen molar-refractivity contribution in [2.24, 2.45) is 0 Å². The zero-order chi connectivity index (χ0) is 15.9. The average Bonchev–Trinajstić information content (AvgIpc) is 2.87. The van der Waals surface area contributed by atoms with Crippen LogP contribution in [0.25, 0.3) is 0 Å². The van der Waals surface area contributed by atoms with E-state index in [0.29, 0.717) is 0 Å². The van der Waals surface area contributed by atoms with Crippen LogP contribution in [0.2, 0.25) is 0 Å². The maximum atomic E-state index is 11.9. The Morgan fingerprint density at radius 3 is 2.77 bits per heavy atom. The number of carbonyl (C=O) groups excluding carboxylic acids is 1. The number of aryl methyl sites for hydroxylation is 1. The quantitative estimate of drug-likeness (QED) is 0.785. The zero-order valence-electron chi connectivity index (χ0n) is 13.8. The third-order valence-electron chi connectivity index (χ3n) is 4.17. The number of nitrogens with zero attached hydrogens (tertiary/aromatic N) is 1. The van der Waals surface area contributed by atoms with Crippen molar-refractivity contribution in [2.45, 2.75) is 39.2 Å². The number of benzene rings is 1. The molecule has 2 rings (SSSR count). The first-order valence-electron chi connectivity index (χ1n) is 7.92. The molecule has 1 aliphatic rings. The second-order valence-corrected chi connectivity index (χ2v) is 5.90. The molecule has 0 spiro atoms. The minimum atomic E-state index is 0.0654. The Kier molecular flexibility index (Phi) is 5.87. The molecule has 22 heavy (non-hydrogen) atoms. The van der Waals surface area contributed by atoms with Gasteiger partial charge in [-0.25, -0.2) is 4.79 Å². The number of urea groups is 1. The van der Waals surface area contributed by atoms with Gasteiger partial charge >= 0.3 is 6.03 Å². The number of nitrogens with one attached hydrogen (secondary N) is 1. The molecule has 0 bridgehead atoms. The van der Waals surface area contributed by atoms with Crippen LogP contribution in [0.1, 0.15) is 32.3 Å². The number of amides is 2. The van der Waals surface area contributed by atoms with Gasteiger partial charge in [-0.05, 0) is 50.8 Å². The summed E-state index contributed by atoms with van der Waals surface area (Å²) in [7, 11) is 1.68. The Balaban J connectivity index is 1.74. The molecular formula is C18H26N2O2. The molecule has 1 aliphatic heterocycles. The summed E-state index contributed by atoms with van der Waals surface area (Å²) in [5.41, 5.74) is 2.54. The van der Waals surface area contributed by atoms with E-state index in [-0.39, 0.29) is 12.1 Å². The first kappa shape index (κ1) is 16.4. The van der Waals surface area contributed by atoms with Crippen LogP contribution in [0.4, 0.5) is 4.79 Å². The predicted octanol–water partition coefficient (Wildman–Crippen LogP) is 3.38. The molecule has 1 unspecified atom stereocenters. The summed E-state index contributed by atoms with van der Waals surface area (Å²) in [6, 6.07) is 8.54. The number of ether oxygens (including phenoxy) is 1. The summed E-state index contributed by atoms with van der Waals surface area (Å²) < 4.78 is 5.16. The van der Waals surface area contributed by atoms with Gasteiger partial charge in [0.2, 0.25) is 0 Å². The fourth-order valence-corrected chi connectivity index (χ4v) is 2.70. The lowest BCUT2D eigenvalue weighted by Crippen LogP contribution is -2.29. The summed E-state index contributed by atoms with van der Waals surface area (Å²) in [4.78, 5) is 13.8. The van der Waals surface area contributed by atoms with E-state index in [4.69, 9.17) is 4.74 Å². The van der Waals surface area contributed by atoms with Crippen LogP contribution in [0.15, 0.2) is 35.9 Å². The van der Waals surface area contributed by atoms with E-state index in [1.165, 1.54) is 11.1 Å². The first-order chi connectivity index (χ1) is 10.6. The maximum Gasteiger partial charge on any atom is 0.318 e. The van der Waals surface area contributed by atoms with E-state index in [2.05, 4.69) is 30.4 Å². The fourth-order valence-electron chi connectivity index (χ4n) is 2.70. The van der Waals surface area contributed by atoms with Gasteiger partial charge < -0.3 is 15.0 Å². The normalized spacial score (nSPS) is 18.5. The minimum Gasteiger partial charge on any atom is -0.497 e. The average molecular weight is 302 g/mol. The monoisotopic (exact) mass is 302 g/mol. The van der Waals surface area contributed by atoms with Gasteiger partial charge in [-0.15, -0.1) is 0 Å². The van der Waals surface area contributed by atoms with Crippen molar-refractivity contribution in [1.29, 1.82) is 0 Å². The molecule has 1 aromatic rings. The zero-order valence-corrected chi connectivity index (χ0v) is 13.8. The van der Waals surface area contributed by atoms with Crippen molar-refractivity contribution in [2.75, 3.05) is 20.2 Å². The van der Waals surface area contributed by atoms with Gasteiger partial charge in [0.25, 0.3) is 0 Å². The van der Waals surface area contributed by atoms with Crippen LogP contribution >= 0.6 is 0 Å². The molecule has 120 valence electrons. The third-order valence-corrected chi connectivity index (χ3v) is 4.17. The highest BCUT2D eigenvalue weighted by molar-refractivity contribution is 5.77. The number of methoxy groups -OCH3 is 1. The predicted molar refractivity (Wildman–Crippen MR) is 89.3 cm³/mol. The van der Waals surface area contributed by atoms with Gasteiger partial charge in [-0.3, -0.25) is 0 Å². The van der Waals surface area contributed by atoms with Gasteiger partial charge in [-0.1, -0.05) is 23.8 Å². The maximum absolute atomic E-state index is 11.9. The third kappa shape index (κ3) is 4.52. The van der Waals surface area contributed by atoms with Crippen molar-refractivity contribution in [1.82, 2.24) is 10.2 Å². The summed E-state index contributed by atoms with van der Waals surface area (Å²) in [6.45, 7) is 5.61. The van der Waals surface area contributed by atoms with Crippen molar-refractivity contribution >= 4 is 6.03 Å². The van der Waals surface area contributed by atoms with Crippen LogP contribution < -0.4 is 10.1 Å². The van der Waals surface area contributed by atoms with Gasteiger partial charge in [0.05, 0.1) is 7.11 Å². The molecule has 1 aromatic carbocycles. The molecule has 1 fully saturated rings. The van der Waals surface area contributed by atoms with Crippen LogP contribution in [-0.4, -0.2) is 37.2 Å². The lowest BCUT2D eigenvalue weighted by molar-refractivity contribution is 0.221. The molecular weight excluding hydrogens is 276 g/mol. The van der Waals surface area contributed by atoms with E-state index in [1.54, 1.807) is 7.11 Å². The van der Waals surface area contributed by atoms with Gasteiger partial charge in [0, 0.05) is 19.1 Å². The highest BCUT2D eigenvalue weighted by atomic mass is 16.5. The smallest absolute Gasteiger partial charge is 0.318 e. The number of rotatable bonds is 7. The Labute approximate surface area is 133 Å². The second-order valence-electron chi connectivity index (χ2n) is 5.90. The number of hydrogen-bond donors (Lipinski definition) is 1. The first-order valence-corrected chi connectivity index (χ1v) is 7.92. The van der Waals surface area contributed by atoms with Crippen LogP contribution in [0, 0.1) is 0 Å². The second kappa shape index (κ2) is 7.87. The molecule has 0 aromatic heterocycles. The Bertz CT molecular complexity index is 522. The highest BCUT2D eigenvalue weighted by Crippen LogP contribution is 2.16. The molecule has 2 amide bonds. The Morgan fingerprint density at radius 2 is 2.14 bits per heavy atom. The van der Waals surface area contributed by atoms with Crippen molar-refractivity contribution in [3.63, 3.8) is 0 Å². The van der Waals surface area contributed by atoms with Crippen LogP contribution in [-0.2, 0) is 6.42 Å².